The zero-order valence-electron chi connectivity index (χ0n) is 14.7. The van der Waals surface area contributed by atoms with Gasteiger partial charge in [0, 0.05) is 18.3 Å². The van der Waals surface area contributed by atoms with Crippen molar-refractivity contribution >= 4 is 33.8 Å². The molecular weight excluding hydrogens is 377 g/mol. The molecule has 0 aliphatic heterocycles. The topological polar surface area (TPSA) is 46.2 Å². The quantitative estimate of drug-likeness (QED) is 0.795. The van der Waals surface area contributed by atoms with Crippen molar-refractivity contribution in [1.29, 1.82) is 0 Å². The Balaban J connectivity index is 0.00000182. The SMILES string of the molecule is CC(N[C@@H]1CC2CC1[C@@H]1CCC[C@H]21)c1ccc(Cl)c(S(C)(=O)=O)c1.Cl. The predicted octanol–water partition coefficient (Wildman–Crippen LogP) is 4.64. The number of sulfone groups is 1. The molecule has 3 aliphatic carbocycles. The molecule has 2 bridgehead atoms. The third-order valence-electron chi connectivity index (χ3n) is 6.75. The summed E-state index contributed by atoms with van der Waals surface area (Å²) in [6.07, 6.45) is 8.18. The highest BCUT2D eigenvalue weighted by Gasteiger charge is 2.53. The molecule has 4 rings (SSSR count). The van der Waals surface area contributed by atoms with E-state index in [9.17, 15) is 8.42 Å². The lowest BCUT2D eigenvalue weighted by molar-refractivity contribution is 0.200. The fraction of sp³-hybridized carbons (Fsp3) is 0.684. The van der Waals surface area contributed by atoms with Gasteiger partial charge in [-0.2, -0.15) is 0 Å². The van der Waals surface area contributed by atoms with Gasteiger partial charge >= 0.3 is 0 Å². The van der Waals surface area contributed by atoms with Crippen LogP contribution in [0.4, 0.5) is 0 Å². The maximum absolute atomic E-state index is 11.9. The molecule has 0 heterocycles. The Bertz CT molecular complexity index is 752. The van der Waals surface area contributed by atoms with Crippen molar-refractivity contribution < 1.29 is 8.42 Å². The molecular formula is C19H27Cl2NO2S. The van der Waals surface area contributed by atoms with E-state index in [0.29, 0.717) is 11.1 Å². The maximum atomic E-state index is 11.9. The van der Waals surface area contributed by atoms with Crippen molar-refractivity contribution in [2.45, 2.75) is 56.0 Å². The van der Waals surface area contributed by atoms with E-state index in [1.807, 2.05) is 6.07 Å². The number of hydrogen-bond acceptors (Lipinski definition) is 3. The summed E-state index contributed by atoms with van der Waals surface area (Å²) in [5.41, 5.74) is 1.01. The van der Waals surface area contributed by atoms with Crippen LogP contribution in [0, 0.1) is 23.7 Å². The number of rotatable bonds is 4. The monoisotopic (exact) mass is 403 g/mol. The third kappa shape index (κ3) is 3.47. The normalized spacial score (nSPS) is 34.6. The van der Waals surface area contributed by atoms with E-state index in [2.05, 4.69) is 12.2 Å². The van der Waals surface area contributed by atoms with Gasteiger partial charge in [-0.15, -0.1) is 12.4 Å². The predicted molar refractivity (Wildman–Crippen MR) is 104 cm³/mol. The first-order valence-corrected chi connectivity index (χ1v) is 11.4. The lowest BCUT2D eigenvalue weighted by atomic mass is 9.79. The Morgan fingerprint density at radius 2 is 1.88 bits per heavy atom. The van der Waals surface area contributed by atoms with Gasteiger partial charge in [-0.1, -0.05) is 24.1 Å². The van der Waals surface area contributed by atoms with Gasteiger partial charge in [-0.05, 0) is 74.0 Å². The van der Waals surface area contributed by atoms with E-state index in [1.54, 1.807) is 12.1 Å². The molecule has 0 spiro atoms. The lowest BCUT2D eigenvalue weighted by Gasteiger charge is -2.34. The molecule has 6 heteroatoms. The van der Waals surface area contributed by atoms with E-state index in [0.717, 1.165) is 29.2 Å². The molecule has 1 N–H and O–H groups in total. The fourth-order valence-electron chi connectivity index (χ4n) is 5.75. The van der Waals surface area contributed by atoms with Crippen LogP contribution in [0.2, 0.25) is 5.02 Å². The summed E-state index contributed by atoms with van der Waals surface area (Å²) in [7, 11) is -3.30. The van der Waals surface area contributed by atoms with Crippen molar-refractivity contribution in [2.75, 3.05) is 6.26 Å². The summed E-state index contributed by atoms with van der Waals surface area (Å²) < 4.78 is 23.8. The zero-order chi connectivity index (χ0) is 17.1. The first kappa shape index (κ1) is 19.5. The van der Waals surface area contributed by atoms with Gasteiger partial charge in [0.05, 0.1) is 9.92 Å². The average Bonchev–Trinajstić information content (AvgIpc) is 3.18. The molecule has 3 fully saturated rings. The second kappa shape index (κ2) is 7.03. The Labute approximate surface area is 162 Å². The summed E-state index contributed by atoms with van der Waals surface area (Å²) >= 11 is 6.07. The summed E-state index contributed by atoms with van der Waals surface area (Å²) in [6, 6.07) is 6.12. The van der Waals surface area contributed by atoms with E-state index >= 15 is 0 Å². The van der Waals surface area contributed by atoms with Gasteiger partial charge in [0.1, 0.15) is 0 Å². The van der Waals surface area contributed by atoms with Gasteiger partial charge in [-0.3, -0.25) is 0 Å². The zero-order valence-corrected chi connectivity index (χ0v) is 17.1. The molecule has 0 aromatic heterocycles. The highest BCUT2D eigenvalue weighted by atomic mass is 35.5. The minimum absolute atomic E-state index is 0. The van der Waals surface area contributed by atoms with Crippen LogP contribution in [-0.4, -0.2) is 20.7 Å². The molecule has 1 aromatic rings. The van der Waals surface area contributed by atoms with Crippen LogP contribution < -0.4 is 5.32 Å². The van der Waals surface area contributed by atoms with Crippen molar-refractivity contribution in [3.63, 3.8) is 0 Å². The molecule has 140 valence electrons. The van der Waals surface area contributed by atoms with Crippen LogP contribution in [-0.2, 0) is 9.84 Å². The lowest BCUT2D eigenvalue weighted by Crippen LogP contribution is -2.40. The molecule has 3 saturated carbocycles. The Morgan fingerprint density at radius 1 is 1.16 bits per heavy atom. The van der Waals surface area contributed by atoms with Crippen molar-refractivity contribution in [3.8, 4) is 0 Å². The number of halogens is 2. The fourth-order valence-corrected chi connectivity index (χ4v) is 7.06. The number of nitrogens with one attached hydrogen (secondary N) is 1. The van der Waals surface area contributed by atoms with E-state index in [1.165, 1.54) is 38.4 Å². The first-order chi connectivity index (χ1) is 11.3. The molecule has 0 amide bonds. The standard InChI is InChI=1S/C19H26ClNO2S.ClH/c1-11(12-6-7-17(20)19(10-12)24(2,22)23)21-18-9-13-8-16(18)15-5-3-4-14(13)15;/h6-7,10-11,13-16,18,21H,3-5,8-9H2,1-2H3;1H/t11?,13?,14-,15-,16?,18-;/m1./s1. The van der Waals surface area contributed by atoms with Crippen molar-refractivity contribution in [3.05, 3.63) is 28.8 Å². The smallest absolute Gasteiger partial charge is 0.177 e. The number of fused-ring (bicyclic) bond motifs is 5. The Hall–Kier alpha value is -0.290. The van der Waals surface area contributed by atoms with Gasteiger partial charge in [0.25, 0.3) is 0 Å². The van der Waals surface area contributed by atoms with E-state index in [4.69, 9.17) is 11.6 Å². The van der Waals surface area contributed by atoms with Gasteiger partial charge in [0.15, 0.2) is 9.84 Å². The summed E-state index contributed by atoms with van der Waals surface area (Å²) in [4.78, 5) is 0.235. The van der Waals surface area contributed by atoms with Crippen molar-refractivity contribution in [1.82, 2.24) is 5.32 Å². The summed E-state index contributed by atoms with van der Waals surface area (Å²) in [5, 5.41) is 4.11. The van der Waals surface area contributed by atoms with Crippen LogP contribution in [0.5, 0.6) is 0 Å². The minimum Gasteiger partial charge on any atom is -0.307 e. The highest BCUT2D eigenvalue weighted by molar-refractivity contribution is 7.90. The molecule has 3 aliphatic rings. The molecule has 25 heavy (non-hydrogen) atoms. The van der Waals surface area contributed by atoms with Crippen LogP contribution in [0.3, 0.4) is 0 Å². The third-order valence-corrected chi connectivity index (χ3v) is 8.33. The average molecular weight is 404 g/mol. The summed E-state index contributed by atoms with van der Waals surface area (Å²) in [6.45, 7) is 2.13. The largest absolute Gasteiger partial charge is 0.307 e. The van der Waals surface area contributed by atoms with Crippen LogP contribution in [0.25, 0.3) is 0 Å². The van der Waals surface area contributed by atoms with Gasteiger partial charge in [0.2, 0.25) is 0 Å². The molecule has 3 nitrogen and oxygen atoms in total. The van der Waals surface area contributed by atoms with Crippen molar-refractivity contribution in [2.24, 2.45) is 23.7 Å². The second-order valence-electron chi connectivity index (χ2n) is 8.11. The first-order valence-electron chi connectivity index (χ1n) is 9.10. The second-order valence-corrected chi connectivity index (χ2v) is 10.5. The molecule has 0 radical (unpaired) electrons. The maximum Gasteiger partial charge on any atom is 0.177 e. The molecule has 3 unspecified atom stereocenters. The van der Waals surface area contributed by atoms with Crippen LogP contribution >= 0.6 is 24.0 Å². The van der Waals surface area contributed by atoms with Gasteiger partial charge < -0.3 is 5.32 Å². The Kier molecular flexibility index (Phi) is 5.47. The van der Waals surface area contributed by atoms with E-state index < -0.39 is 9.84 Å². The Morgan fingerprint density at radius 3 is 2.60 bits per heavy atom. The molecule has 0 saturated heterocycles. The number of hydrogen-bond donors (Lipinski definition) is 1. The summed E-state index contributed by atoms with van der Waals surface area (Å²) in [5.74, 6) is 3.68. The molecule has 6 atom stereocenters. The molecule has 1 aromatic carbocycles. The van der Waals surface area contributed by atoms with Crippen LogP contribution in [0.15, 0.2) is 23.1 Å². The minimum atomic E-state index is -3.30. The van der Waals surface area contributed by atoms with E-state index in [-0.39, 0.29) is 23.3 Å². The number of benzene rings is 1. The van der Waals surface area contributed by atoms with Crippen LogP contribution in [0.1, 0.15) is 50.6 Å². The van der Waals surface area contributed by atoms with Gasteiger partial charge in [-0.25, -0.2) is 8.42 Å². The highest BCUT2D eigenvalue weighted by Crippen LogP contribution is 2.58.